The van der Waals surface area contributed by atoms with Crippen LogP contribution in [0.25, 0.3) is 0 Å². The van der Waals surface area contributed by atoms with E-state index in [2.05, 4.69) is 5.10 Å². The molecule has 1 aliphatic heterocycles. The maximum atomic E-state index is 12.7. The van der Waals surface area contributed by atoms with E-state index in [1.165, 1.54) is 18.2 Å². The van der Waals surface area contributed by atoms with E-state index in [0.717, 1.165) is 43.6 Å². The van der Waals surface area contributed by atoms with Crippen molar-refractivity contribution in [3.05, 3.63) is 57.1 Å². The van der Waals surface area contributed by atoms with Crippen LogP contribution in [0, 0.1) is 23.0 Å². The predicted molar refractivity (Wildman–Crippen MR) is 120 cm³/mol. The smallest absolute Gasteiger partial charge is 0.340 e. The first kappa shape index (κ1) is 23.6. The largest absolute Gasteiger partial charge is 0.493 e. The second-order valence-corrected chi connectivity index (χ2v) is 9.31. The van der Waals surface area contributed by atoms with E-state index in [0.29, 0.717) is 18.3 Å². The van der Waals surface area contributed by atoms with Gasteiger partial charge in [0.2, 0.25) is 0 Å². The van der Waals surface area contributed by atoms with Crippen molar-refractivity contribution in [2.75, 3.05) is 19.7 Å². The number of nitro benzene ring substituents is 1. The SMILES string of the molecule is Cc1cc(OCC2CCN(C=NN)CC2)cc(OS(=O)(=O)c2cccc([N+](=O)[O-])c2Cl)c1. The maximum Gasteiger partial charge on any atom is 0.340 e. The van der Waals surface area contributed by atoms with Gasteiger partial charge in [-0.25, -0.2) is 0 Å². The van der Waals surface area contributed by atoms with Crippen LogP contribution >= 0.6 is 11.6 Å². The van der Waals surface area contributed by atoms with E-state index >= 15 is 0 Å². The highest BCUT2D eigenvalue weighted by Crippen LogP contribution is 2.33. The molecule has 0 aliphatic carbocycles. The molecule has 1 aliphatic rings. The Kier molecular flexibility index (Phi) is 7.41. The summed E-state index contributed by atoms with van der Waals surface area (Å²) < 4.78 is 36.5. The number of hydrogen-bond donors (Lipinski definition) is 1. The van der Waals surface area contributed by atoms with Crippen molar-refractivity contribution in [3.8, 4) is 11.5 Å². The molecule has 1 saturated heterocycles. The highest BCUT2D eigenvalue weighted by Gasteiger charge is 2.27. The summed E-state index contributed by atoms with van der Waals surface area (Å²) in [4.78, 5) is 11.9. The third-order valence-corrected chi connectivity index (χ3v) is 6.80. The summed E-state index contributed by atoms with van der Waals surface area (Å²) >= 11 is 5.94. The molecule has 0 bridgehead atoms. The molecule has 1 heterocycles. The minimum absolute atomic E-state index is 0.0246. The van der Waals surface area contributed by atoms with Crippen molar-refractivity contribution in [3.63, 3.8) is 0 Å². The summed E-state index contributed by atoms with van der Waals surface area (Å²) in [6.07, 6.45) is 3.46. The number of hydrogen-bond acceptors (Lipinski definition) is 8. The molecule has 2 aromatic rings. The van der Waals surface area contributed by atoms with Crippen LogP contribution in [-0.4, -0.2) is 44.3 Å². The summed E-state index contributed by atoms with van der Waals surface area (Å²) in [6.45, 7) is 3.91. The van der Waals surface area contributed by atoms with Crippen LogP contribution in [0.4, 0.5) is 5.69 Å². The van der Waals surface area contributed by atoms with Crippen LogP contribution in [-0.2, 0) is 10.1 Å². The van der Waals surface area contributed by atoms with Gasteiger partial charge in [-0.2, -0.15) is 13.5 Å². The number of halogens is 1. The van der Waals surface area contributed by atoms with E-state index in [1.807, 2.05) is 4.90 Å². The Morgan fingerprint density at radius 3 is 2.62 bits per heavy atom. The Balaban J connectivity index is 1.71. The molecule has 3 rings (SSSR count). The molecule has 12 heteroatoms. The zero-order chi connectivity index (χ0) is 23.3. The van der Waals surface area contributed by atoms with Crippen molar-refractivity contribution >= 4 is 33.7 Å². The van der Waals surface area contributed by atoms with Gasteiger partial charge in [-0.1, -0.05) is 17.7 Å². The van der Waals surface area contributed by atoms with E-state index in [-0.39, 0.29) is 5.75 Å². The predicted octanol–water partition coefficient (Wildman–Crippen LogP) is 3.32. The average molecular weight is 483 g/mol. The Morgan fingerprint density at radius 1 is 1.28 bits per heavy atom. The van der Waals surface area contributed by atoms with Gasteiger partial charge in [0.05, 0.1) is 11.5 Å². The van der Waals surface area contributed by atoms with Crippen LogP contribution in [0.5, 0.6) is 11.5 Å². The van der Waals surface area contributed by atoms with Crippen LogP contribution in [0.15, 0.2) is 46.4 Å². The number of benzene rings is 2. The monoisotopic (exact) mass is 482 g/mol. The maximum absolute atomic E-state index is 12.7. The highest BCUT2D eigenvalue weighted by molar-refractivity contribution is 7.87. The number of ether oxygens (including phenoxy) is 1. The third-order valence-electron chi connectivity index (χ3n) is 5.00. The summed E-state index contributed by atoms with van der Waals surface area (Å²) in [6, 6.07) is 8.27. The minimum Gasteiger partial charge on any atom is -0.493 e. The minimum atomic E-state index is -4.40. The van der Waals surface area contributed by atoms with Crippen molar-refractivity contribution in [1.29, 1.82) is 0 Å². The number of piperidine rings is 1. The number of nitrogens with zero attached hydrogens (tertiary/aromatic N) is 3. The van der Waals surface area contributed by atoms with Crippen LogP contribution < -0.4 is 14.8 Å². The van der Waals surface area contributed by atoms with Gasteiger partial charge >= 0.3 is 10.1 Å². The molecule has 0 spiro atoms. The summed E-state index contributed by atoms with van der Waals surface area (Å²) in [5.41, 5.74) is 0.209. The number of aryl methyl sites for hydroxylation is 1. The van der Waals surface area contributed by atoms with Gasteiger partial charge in [0.1, 0.15) is 27.8 Å². The lowest BCUT2D eigenvalue weighted by Crippen LogP contribution is -2.34. The molecule has 2 N–H and O–H groups in total. The topological polar surface area (TPSA) is 137 Å². The molecule has 32 heavy (non-hydrogen) atoms. The molecule has 0 radical (unpaired) electrons. The Hall–Kier alpha value is -3.05. The zero-order valence-corrected chi connectivity index (χ0v) is 18.9. The quantitative estimate of drug-likeness (QED) is 0.151. The van der Waals surface area contributed by atoms with Crippen molar-refractivity contribution < 1.29 is 22.3 Å². The fourth-order valence-corrected chi connectivity index (χ4v) is 4.88. The summed E-state index contributed by atoms with van der Waals surface area (Å²) in [5.74, 6) is 6.01. The number of hydrazone groups is 1. The summed E-state index contributed by atoms with van der Waals surface area (Å²) in [7, 11) is -4.40. The van der Waals surface area contributed by atoms with Crippen LogP contribution in [0.3, 0.4) is 0 Å². The lowest BCUT2D eigenvalue weighted by Gasteiger charge is -2.30. The molecule has 0 amide bonds. The van der Waals surface area contributed by atoms with E-state index in [1.54, 1.807) is 19.3 Å². The van der Waals surface area contributed by atoms with Gasteiger partial charge in [-0.3, -0.25) is 10.1 Å². The second kappa shape index (κ2) is 10.0. The fourth-order valence-electron chi connectivity index (χ4n) is 3.39. The van der Waals surface area contributed by atoms with E-state index in [9.17, 15) is 18.5 Å². The molecule has 1 fully saturated rings. The molecular weight excluding hydrogens is 460 g/mol. The molecule has 0 unspecified atom stereocenters. The average Bonchev–Trinajstić information content (AvgIpc) is 2.72. The van der Waals surface area contributed by atoms with Crippen molar-refractivity contribution in [2.24, 2.45) is 16.9 Å². The van der Waals surface area contributed by atoms with Crippen molar-refractivity contribution in [1.82, 2.24) is 4.90 Å². The zero-order valence-electron chi connectivity index (χ0n) is 17.3. The fraction of sp³-hybridized carbons (Fsp3) is 0.350. The number of rotatable bonds is 8. The Bertz CT molecular complexity index is 1120. The summed E-state index contributed by atoms with van der Waals surface area (Å²) in [5, 5.41) is 14.1. The van der Waals surface area contributed by atoms with Gasteiger partial charge in [0.15, 0.2) is 0 Å². The molecule has 0 atom stereocenters. The van der Waals surface area contributed by atoms with Gasteiger partial charge in [-0.15, -0.1) is 0 Å². The molecule has 0 saturated carbocycles. The van der Waals surface area contributed by atoms with Crippen molar-refractivity contribution in [2.45, 2.75) is 24.7 Å². The first-order valence-electron chi connectivity index (χ1n) is 9.79. The van der Waals surface area contributed by atoms with Crippen LogP contribution in [0.1, 0.15) is 18.4 Å². The molecule has 2 aromatic carbocycles. The number of nitro groups is 1. The van der Waals surface area contributed by atoms with Gasteiger partial charge < -0.3 is 19.7 Å². The van der Waals surface area contributed by atoms with E-state index < -0.39 is 30.6 Å². The number of likely N-dealkylation sites (tertiary alicyclic amines) is 1. The lowest BCUT2D eigenvalue weighted by atomic mass is 9.98. The lowest BCUT2D eigenvalue weighted by molar-refractivity contribution is -0.384. The second-order valence-electron chi connectivity index (χ2n) is 7.42. The van der Waals surface area contributed by atoms with Gasteiger partial charge in [0.25, 0.3) is 5.69 Å². The van der Waals surface area contributed by atoms with Gasteiger partial charge in [0, 0.05) is 25.2 Å². The van der Waals surface area contributed by atoms with Crippen LogP contribution in [0.2, 0.25) is 5.02 Å². The Labute approximate surface area is 190 Å². The molecule has 0 aromatic heterocycles. The standard InChI is InChI=1S/C20H23ClN4O6S/c1-14-9-16(30-12-15-5-7-24(8-6-15)13-23-22)11-17(10-14)31-32(28,29)19-4-2-3-18(20(19)21)25(26)27/h2-4,9-11,13,15H,5-8,12,22H2,1H3. The normalized spacial score (nSPS) is 15.1. The van der Waals surface area contributed by atoms with E-state index in [4.69, 9.17) is 26.4 Å². The third kappa shape index (κ3) is 5.80. The Morgan fingerprint density at radius 2 is 1.97 bits per heavy atom. The molecular formula is C20H23ClN4O6S. The number of nitrogens with two attached hydrogens (primary N) is 1. The molecule has 10 nitrogen and oxygen atoms in total. The van der Waals surface area contributed by atoms with Gasteiger partial charge in [-0.05, 0) is 49.4 Å². The molecule has 172 valence electrons. The highest BCUT2D eigenvalue weighted by atomic mass is 35.5. The first-order valence-corrected chi connectivity index (χ1v) is 11.6. The first-order chi connectivity index (χ1) is 15.2.